The predicted octanol–water partition coefficient (Wildman–Crippen LogP) is 3.53. The van der Waals surface area contributed by atoms with Crippen molar-refractivity contribution in [3.8, 4) is 0 Å². The summed E-state index contributed by atoms with van der Waals surface area (Å²) in [7, 11) is 1.78. The van der Waals surface area contributed by atoms with E-state index >= 15 is 0 Å². The second-order valence-corrected chi connectivity index (χ2v) is 5.00. The molecule has 1 aromatic heterocycles. The second-order valence-electron chi connectivity index (χ2n) is 5.00. The molecule has 112 valence electrons. The van der Waals surface area contributed by atoms with Gasteiger partial charge in [0.2, 0.25) is 0 Å². The number of nitrogens with one attached hydrogen (secondary N) is 2. The first kappa shape index (κ1) is 15.2. The minimum absolute atomic E-state index is 0.196. The van der Waals surface area contributed by atoms with Crippen molar-refractivity contribution in [2.75, 3.05) is 17.7 Å². The van der Waals surface area contributed by atoms with Gasteiger partial charge in [-0.2, -0.15) is 0 Å². The van der Waals surface area contributed by atoms with Crippen LogP contribution in [-0.4, -0.2) is 17.0 Å². The highest BCUT2D eigenvalue weighted by molar-refractivity contribution is 5.47. The van der Waals surface area contributed by atoms with Crippen LogP contribution in [0.15, 0.2) is 24.3 Å². The van der Waals surface area contributed by atoms with Crippen LogP contribution in [-0.2, 0) is 6.54 Å². The molecule has 0 saturated carbocycles. The summed E-state index contributed by atoms with van der Waals surface area (Å²) in [4.78, 5) is 8.77. The zero-order valence-electron chi connectivity index (χ0n) is 12.2. The Bertz CT molecular complexity index is 629. The summed E-state index contributed by atoms with van der Waals surface area (Å²) in [6.45, 7) is 4.37. The van der Waals surface area contributed by atoms with Gasteiger partial charge in [0.05, 0.1) is 0 Å². The van der Waals surface area contributed by atoms with Crippen LogP contribution in [0.2, 0.25) is 0 Å². The van der Waals surface area contributed by atoms with Gasteiger partial charge in [0.15, 0.2) is 11.6 Å². The molecule has 2 rings (SSSR count). The topological polar surface area (TPSA) is 49.8 Å². The van der Waals surface area contributed by atoms with Crippen LogP contribution >= 0.6 is 0 Å². The molecule has 0 fully saturated rings. The Morgan fingerprint density at radius 1 is 1.05 bits per heavy atom. The lowest BCUT2D eigenvalue weighted by Gasteiger charge is -2.11. The summed E-state index contributed by atoms with van der Waals surface area (Å²) in [6, 6.07) is 5.59. The Labute approximate surface area is 122 Å². The summed E-state index contributed by atoms with van der Waals surface area (Å²) in [5, 5.41) is 6.07. The smallest absolute Gasteiger partial charge is 0.159 e. The second kappa shape index (κ2) is 6.47. The molecule has 6 heteroatoms. The van der Waals surface area contributed by atoms with Gasteiger partial charge in [0.25, 0.3) is 0 Å². The van der Waals surface area contributed by atoms with Crippen molar-refractivity contribution in [3.05, 3.63) is 47.3 Å². The number of hydrogen-bond acceptors (Lipinski definition) is 4. The Hall–Kier alpha value is -2.24. The third-order valence-corrected chi connectivity index (χ3v) is 2.97. The Morgan fingerprint density at radius 3 is 2.38 bits per heavy atom. The molecule has 0 aliphatic rings. The fourth-order valence-corrected chi connectivity index (χ4v) is 1.78. The molecule has 1 aromatic carbocycles. The van der Waals surface area contributed by atoms with Crippen LogP contribution < -0.4 is 10.6 Å². The number of benzene rings is 1. The van der Waals surface area contributed by atoms with Crippen molar-refractivity contribution in [1.82, 2.24) is 9.97 Å². The maximum absolute atomic E-state index is 13.2. The first-order valence-corrected chi connectivity index (χ1v) is 6.74. The third-order valence-electron chi connectivity index (χ3n) is 2.97. The molecule has 0 amide bonds. The van der Waals surface area contributed by atoms with E-state index in [2.05, 4.69) is 20.6 Å². The van der Waals surface area contributed by atoms with Gasteiger partial charge in [-0.05, 0) is 17.7 Å². The van der Waals surface area contributed by atoms with E-state index < -0.39 is 11.6 Å². The van der Waals surface area contributed by atoms with Crippen LogP contribution in [0.3, 0.4) is 0 Å². The number of anilines is 2. The number of aromatic nitrogens is 2. The molecule has 0 spiro atoms. The van der Waals surface area contributed by atoms with Crippen LogP contribution in [0.1, 0.15) is 31.2 Å². The molecule has 2 aromatic rings. The fourth-order valence-electron chi connectivity index (χ4n) is 1.78. The van der Waals surface area contributed by atoms with E-state index in [0.29, 0.717) is 23.7 Å². The quantitative estimate of drug-likeness (QED) is 0.885. The molecule has 1 heterocycles. The molecule has 0 aliphatic carbocycles. The molecule has 0 aliphatic heterocycles. The average Bonchev–Trinajstić information content (AvgIpc) is 2.48. The van der Waals surface area contributed by atoms with Gasteiger partial charge in [-0.25, -0.2) is 18.7 Å². The molecule has 0 unspecified atom stereocenters. The van der Waals surface area contributed by atoms with Gasteiger partial charge in [0, 0.05) is 25.6 Å². The van der Waals surface area contributed by atoms with Gasteiger partial charge in [-0.15, -0.1) is 0 Å². The normalized spacial score (nSPS) is 10.8. The van der Waals surface area contributed by atoms with Crippen molar-refractivity contribution >= 4 is 11.6 Å². The molecule has 4 nitrogen and oxygen atoms in total. The standard InChI is InChI=1S/C15H18F2N4/c1-9(2)15-20-13(18-3)7-14(21-15)19-8-10-4-5-11(16)12(17)6-10/h4-7,9H,8H2,1-3H3,(H2,18,19,20,21). The Balaban J connectivity index is 2.15. The Kier molecular flexibility index (Phi) is 4.67. The monoisotopic (exact) mass is 292 g/mol. The van der Waals surface area contributed by atoms with E-state index in [-0.39, 0.29) is 5.92 Å². The maximum atomic E-state index is 13.2. The molecule has 0 radical (unpaired) electrons. The summed E-state index contributed by atoms with van der Waals surface area (Å²) in [5.74, 6) is 0.567. The molecular weight excluding hydrogens is 274 g/mol. The predicted molar refractivity (Wildman–Crippen MR) is 79.4 cm³/mol. The largest absolute Gasteiger partial charge is 0.373 e. The van der Waals surface area contributed by atoms with Crippen molar-refractivity contribution in [2.24, 2.45) is 0 Å². The van der Waals surface area contributed by atoms with Gasteiger partial charge in [-0.1, -0.05) is 19.9 Å². The molecule has 2 N–H and O–H groups in total. The van der Waals surface area contributed by atoms with Crippen molar-refractivity contribution < 1.29 is 8.78 Å². The van der Waals surface area contributed by atoms with E-state index in [1.165, 1.54) is 12.1 Å². The summed E-state index contributed by atoms with van der Waals surface area (Å²) >= 11 is 0. The van der Waals surface area contributed by atoms with Crippen molar-refractivity contribution in [3.63, 3.8) is 0 Å². The molecular formula is C15H18F2N4. The first-order valence-electron chi connectivity index (χ1n) is 6.74. The van der Waals surface area contributed by atoms with Crippen LogP contribution in [0, 0.1) is 11.6 Å². The lowest BCUT2D eigenvalue weighted by molar-refractivity contribution is 0.507. The lowest BCUT2D eigenvalue weighted by atomic mass is 10.2. The van der Waals surface area contributed by atoms with Crippen LogP contribution in [0.4, 0.5) is 20.4 Å². The highest BCUT2D eigenvalue weighted by Gasteiger charge is 2.08. The van der Waals surface area contributed by atoms with Gasteiger partial charge in [0.1, 0.15) is 17.5 Å². The summed E-state index contributed by atoms with van der Waals surface area (Å²) in [6.07, 6.45) is 0. The highest BCUT2D eigenvalue weighted by Crippen LogP contribution is 2.17. The van der Waals surface area contributed by atoms with Gasteiger partial charge < -0.3 is 10.6 Å². The van der Waals surface area contributed by atoms with Crippen molar-refractivity contribution in [1.29, 1.82) is 0 Å². The van der Waals surface area contributed by atoms with Crippen molar-refractivity contribution in [2.45, 2.75) is 26.3 Å². The zero-order chi connectivity index (χ0) is 15.4. The average molecular weight is 292 g/mol. The Morgan fingerprint density at radius 2 is 1.76 bits per heavy atom. The molecule has 21 heavy (non-hydrogen) atoms. The third kappa shape index (κ3) is 3.87. The first-order chi connectivity index (χ1) is 9.99. The number of nitrogens with zero attached hydrogens (tertiary/aromatic N) is 2. The summed E-state index contributed by atoms with van der Waals surface area (Å²) in [5.41, 5.74) is 0.643. The minimum Gasteiger partial charge on any atom is -0.373 e. The van der Waals surface area contributed by atoms with Crippen LogP contribution in [0.5, 0.6) is 0 Å². The fraction of sp³-hybridized carbons (Fsp3) is 0.333. The zero-order valence-corrected chi connectivity index (χ0v) is 12.2. The lowest BCUT2D eigenvalue weighted by Crippen LogP contribution is -2.08. The molecule has 0 saturated heterocycles. The van der Waals surface area contributed by atoms with Crippen LogP contribution in [0.25, 0.3) is 0 Å². The van der Waals surface area contributed by atoms with Gasteiger partial charge >= 0.3 is 0 Å². The highest BCUT2D eigenvalue weighted by atomic mass is 19.2. The van der Waals surface area contributed by atoms with E-state index in [4.69, 9.17) is 0 Å². The number of halogens is 2. The number of hydrogen-bond donors (Lipinski definition) is 2. The molecule has 0 bridgehead atoms. The minimum atomic E-state index is -0.851. The number of rotatable bonds is 5. The van der Waals surface area contributed by atoms with E-state index in [0.717, 1.165) is 11.9 Å². The SMILES string of the molecule is CNc1cc(NCc2ccc(F)c(F)c2)nc(C(C)C)n1. The van der Waals surface area contributed by atoms with Gasteiger partial charge in [-0.3, -0.25) is 0 Å². The van der Waals surface area contributed by atoms with E-state index in [1.807, 2.05) is 13.8 Å². The molecule has 0 atom stereocenters. The van der Waals surface area contributed by atoms with E-state index in [9.17, 15) is 8.78 Å². The maximum Gasteiger partial charge on any atom is 0.159 e. The van der Waals surface area contributed by atoms with E-state index in [1.54, 1.807) is 13.1 Å². The summed E-state index contributed by atoms with van der Waals surface area (Å²) < 4.78 is 26.0.